The van der Waals surface area contributed by atoms with Gasteiger partial charge in [0.25, 0.3) is 0 Å². The fourth-order valence-electron chi connectivity index (χ4n) is 5.72. The molecule has 2 heterocycles. The third-order valence-corrected chi connectivity index (χ3v) is 8.36. The summed E-state index contributed by atoms with van der Waals surface area (Å²) in [5.74, 6) is 2.27. The van der Waals surface area contributed by atoms with Crippen molar-refractivity contribution in [2.45, 2.75) is 90.3 Å². The van der Waals surface area contributed by atoms with Gasteiger partial charge in [0, 0.05) is 11.9 Å². The van der Waals surface area contributed by atoms with Crippen LogP contribution >= 0.6 is 15.9 Å². The number of carbonyl (C=O) groups is 2. The highest BCUT2D eigenvalue weighted by atomic mass is 79.9. The molecule has 2 aliphatic heterocycles. The molecule has 13 heteroatoms. The van der Waals surface area contributed by atoms with E-state index in [2.05, 4.69) is 42.8 Å². The first kappa shape index (κ1) is 44.0. The van der Waals surface area contributed by atoms with E-state index < -0.39 is 23.4 Å². The van der Waals surface area contributed by atoms with E-state index >= 15 is 0 Å². The van der Waals surface area contributed by atoms with Crippen molar-refractivity contribution in [1.82, 2.24) is 10.2 Å². The smallest absolute Gasteiger partial charge is 0.412 e. The lowest BCUT2D eigenvalue weighted by molar-refractivity contribution is 0.0624. The van der Waals surface area contributed by atoms with Gasteiger partial charge in [-0.2, -0.15) is 0 Å². The second-order valence-corrected chi connectivity index (χ2v) is 15.2. The Morgan fingerprint density at radius 2 is 1.18 bits per heavy atom. The van der Waals surface area contributed by atoms with Crippen LogP contribution in [-0.2, 0) is 9.47 Å². The van der Waals surface area contributed by atoms with E-state index in [0.717, 1.165) is 51.9 Å². The Morgan fingerprint density at radius 1 is 0.765 bits per heavy atom. The third kappa shape index (κ3) is 16.8. The van der Waals surface area contributed by atoms with Gasteiger partial charge in [0.2, 0.25) is 0 Å². The maximum Gasteiger partial charge on any atom is 0.412 e. The monoisotopic (exact) mass is 784 g/mol. The van der Waals surface area contributed by atoms with E-state index in [1.807, 2.05) is 71.9 Å². The van der Waals surface area contributed by atoms with Gasteiger partial charge in [-0.05, 0) is 141 Å². The van der Waals surface area contributed by atoms with Gasteiger partial charge >= 0.3 is 12.2 Å². The molecule has 0 unspecified atom stereocenters. The van der Waals surface area contributed by atoms with Crippen molar-refractivity contribution in [3.63, 3.8) is 0 Å². The molecule has 0 radical (unpaired) electrons. The fourth-order valence-corrected chi connectivity index (χ4v) is 5.72. The number of amides is 2. The SMILES string of the molecule is COc1cc(C2CCN(CCF)CC2)ccc1NC(=O)OC(C)(C)C.COc1cc(C2CCNCC2)ccc1NC(=O)OC(C)(C)C.FCCBr. The van der Waals surface area contributed by atoms with Gasteiger partial charge in [-0.25, -0.2) is 14.0 Å². The zero-order valence-electron chi connectivity index (χ0n) is 31.6. The molecular weight excluding hydrogens is 726 g/mol. The highest BCUT2D eigenvalue weighted by Gasteiger charge is 2.23. The van der Waals surface area contributed by atoms with Crippen molar-refractivity contribution in [3.8, 4) is 11.5 Å². The number of hydrogen-bond acceptors (Lipinski definition) is 8. The number of alkyl halides is 3. The molecule has 0 spiro atoms. The van der Waals surface area contributed by atoms with Crippen LogP contribution in [-0.4, -0.2) is 93.9 Å². The minimum absolute atomic E-state index is 0.264. The lowest BCUT2D eigenvalue weighted by Gasteiger charge is -2.31. The Morgan fingerprint density at radius 3 is 1.53 bits per heavy atom. The lowest BCUT2D eigenvalue weighted by atomic mass is 9.89. The van der Waals surface area contributed by atoms with Crippen LogP contribution in [0, 0.1) is 0 Å². The van der Waals surface area contributed by atoms with Crippen molar-refractivity contribution in [3.05, 3.63) is 47.5 Å². The maximum absolute atomic E-state index is 12.4. The highest BCUT2D eigenvalue weighted by Crippen LogP contribution is 2.35. The second kappa shape index (κ2) is 22.0. The van der Waals surface area contributed by atoms with Gasteiger partial charge < -0.3 is 29.2 Å². The van der Waals surface area contributed by atoms with Crippen LogP contribution in [0.25, 0.3) is 0 Å². The van der Waals surface area contributed by atoms with Gasteiger partial charge in [0.15, 0.2) is 0 Å². The molecule has 2 aromatic rings. The standard InChI is InChI=1S/C19H29FN2O3.C17H26N2O3.C2H4BrF/c1-19(2,3)25-18(23)21-16-6-5-15(13-17(16)24-4)14-7-10-22(11-8-14)12-9-20;1-17(2,3)22-16(20)19-14-6-5-13(11-15(14)21-4)12-7-9-18-10-8-12;3-1-2-4/h5-6,13-14H,7-12H2,1-4H3,(H,21,23);5-6,11-12,18H,7-10H2,1-4H3,(H,19,20);1-2H2. The number of anilines is 2. The topological polar surface area (TPSA) is 110 Å². The minimum atomic E-state index is -0.551. The first-order chi connectivity index (χ1) is 24.1. The molecule has 0 atom stereocenters. The molecular formula is C38H59BrF2N4O6. The summed E-state index contributed by atoms with van der Waals surface area (Å²) in [5, 5.41) is 9.32. The highest BCUT2D eigenvalue weighted by molar-refractivity contribution is 9.09. The number of ether oxygens (including phenoxy) is 4. The summed E-state index contributed by atoms with van der Waals surface area (Å²) in [5.41, 5.74) is 2.60. The zero-order valence-corrected chi connectivity index (χ0v) is 33.2. The summed E-state index contributed by atoms with van der Waals surface area (Å²) in [6.45, 7) is 14.9. The summed E-state index contributed by atoms with van der Waals surface area (Å²) in [6, 6.07) is 11.8. The molecule has 2 aromatic carbocycles. The third-order valence-electron chi connectivity index (χ3n) is 8.06. The fraction of sp³-hybridized carbons (Fsp3) is 0.632. The molecule has 4 rings (SSSR count). The summed E-state index contributed by atoms with van der Waals surface area (Å²) in [4.78, 5) is 26.0. The summed E-state index contributed by atoms with van der Waals surface area (Å²) < 4.78 is 44.5. The van der Waals surface area contributed by atoms with Crippen molar-refractivity contribution >= 4 is 39.5 Å². The van der Waals surface area contributed by atoms with E-state index in [1.54, 1.807) is 14.2 Å². The number of piperidine rings is 2. The van der Waals surface area contributed by atoms with Crippen LogP contribution in [0.15, 0.2) is 36.4 Å². The first-order valence-corrected chi connectivity index (χ1v) is 18.7. The largest absolute Gasteiger partial charge is 0.495 e. The van der Waals surface area contributed by atoms with E-state index in [0.29, 0.717) is 46.6 Å². The van der Waals surface area contributed by atoms with Crippen molar-refractivity contribution in [2.24, 2.45) is 0 Å². The Kier molecular flexibility index (Phi) is 19.0. The molecule has 0 aliphatic carbocycles. The summed E-state index contributed by atoms with van der Waals surface area (Å²) >= 11 is 2.87. The molecule has 51 heavy (non-hydrogen) atoms. The molecule has 288 valence electrons. The van der Waals surface area contributed by atoms with Gasteiger partial charge in [-0.15, -0.1) is 0 Å². The molecule has 2 saturated heterocycles. The minimum Gasteiger partial charge on any atom is -0.495 e. The summed E-state index contributed by atoms with van der Waals surface area (Å²) in [7, 11) is 3.20. The molecule has 3 N–H and O–H groups in total. The molecule has 0 bridgehead atoms. The van der Waals surface area contributed by atoms with Crippen LogP contribution in [0.3, 0.4) is 0 Å². The average Bonchev–Trinajstić information content (AvgIpc) is 3.08. The van der Waals surface area contributed by atoms with Crippen LogP contribution in [0.5, 0.6) is 11.5 Å². The van der Waals surface area contributed by atoms with Gasteiger partial charge in [-0.1, -0.05) is 28.1 Å². The number of hydrogen-bond donors (Lipinski definition) is 3. The van der Waals surface area contributed by atoms with E-state index in [-0.39, 0.29) is 13.3 Å². The maximum atomic E-state index is 12.4. The summed E-state index contributed by atoms with van der Waals surface area (Å²) in [6.07, 6.45) is 3.28. The van der Waals surface area contributed by atoms with E-state index in [4.69, 9.17) is 18.9 Å². The molecule has 2 aliphatic rings. The van der Waals surface area contributed by atoms with Crippen molar-refractivity contribution in [2.75, 3.05) is 76.3 Å². The Bertz CT molecular complexity index is 1340. The quantitative estimate of drug-likeness (QED) is 0.216. The van der Waals surface area contributed by atoms with Gasteiger partial charge in [0.05, 0.1) is 32.3 Å². The predicted molar refractivity (Wildman–Crippen MR) is 205 cm³/mol. The number of methoxy groups -OCH3 is 2. The van der Waals surface area contributed by atoms with E-state index in [9.17, 15) is 18.4 Å². The molecule has 0 saturated carbocycles. The predicted octanol–water partition coefficient (Wildman–Crippen LogP) is 9.05. The number of carbonyl (C=O) groups excluding carboxylic acids is 2. The Labute approximate surface area is 311 Å². The van der Waals surface area contributed by atoms with Crippen molar-refractivity contribution < 1.29 is 37.3 Å². The van der Waals surface area contributed by atoms with E-state index in [1.165, 1.54) is 11.1 Å². The number of rotatable bonds is 9. The number of nitrogens with one attached hydrogen (secondary N) is 3. The zero-order chi connectivity index (χ0) is 38.0. The van der Waals surface area contributed by atoms with Crippen LogP contribution < -0.4 is 25.4 Å². The number of likely N-dealkylation sites (tertiary alicyclic amines) is 1. The van der Waals surface area contributed by atoms with Crippen molar-refractivity contribution in [1.29, 1.82) is 0 Å². The number of nitrogens with zero attached hydrogens (tertiary/aromatic N) is 1. The molecule has 0 aromatic heterocycles. The normalized spacial score (nSPS) is 15.7. The van der Waals surface area contributed by atoms with Gasteiger partial charge in [-0.3, -0.25) is 15.0 Å². The van der Waals surface area contributed by atoms with Crippen LogP contribution in [0.1, 0.15) is 90.2 Å². The molecule has 2 fully saturated rings. The van der Waals surface area contributed by atoms with Gasteiger partial charge in [0.1, 0.15) is 29.4 Å². The molecule has 10 nitrogen and oxygen atoms in total. The van der Waals surface area contributed by atoms with Crippen LogP contribution in [0.4, 0.5) is 29.7 Å². The van der Waals surface area contributed by atoms with Crippen LogP contribution in [0.2, 0.25) is 0 Å². The Hall–Kier alpha value is -3.16. The molecule has 2 amide bonds. The Balaban J connectivity index is 0.000000322. The number of benzene rings is 2. The average molecular weight is 786 g/mol. The second-order valence-electron chi connectivity index (χ2n) is 14.4. The number of halogens is 3. The first-order valence-electron chi connectivity index (χ1n) is 17.6. The lowest BCUT2D eigenvalue weighted by Crippen LogP contribution is -2.34.